The van der Waals surface area contributed by atoms with Crippen LogP contribution in [0.25, 0.3) is 0 Å². The second-order valence-electron chi connectivity index (χ2n) is 7.06. The third kappa shape index (κ3) is 8.87. The lowest BCUT2D eigenvalue weighted by Crippen LogP contribution is -2.16. The molecule has 0 aromatic rings. The first-order chi connectivity index (χ1) is 12.6. The maximum atomic E-state index is 11.2. The minimum atomic E-state index is -0.672. The van der Waals surface area contributed by atoms with Crippen LogP contribution in [0.1, 0.15) is 64.7 Å². The van der Waals surface area contributed by atoms with Gasteiger partial charge >= 0.3 is 0 Å². The quantitative estimate of drug-likeness (QED) is 0.208. The summed E-state index contributed by atoms with van der Waals surface area (Å²) in [5.41, 5.74) is 7.54. The van der Waals surface area contributed by atoms with Gasteiger partial charge in [0.25, 0.3) is 0 Å². The second kappa shape index (κ2) is 13.1. The monoisotopic (exact) mass is 371 g/mol. The lowest BCUT2D eigenvalue weighted by molar-refractivity contribution is -0.114. The van der Waals surface area contributed by atoms with Crippen LogP contribution in [0.15, 0.2) is 72.9 Å². The Morgan fingerprint density at radius 1 is 0.741 bits per heavy atom. The molecule has 1 atom stereocenters. The third-order valence-corrected chi connectivity index (χ3v) is 4.88. The predicted octanol–water partition coefficient (Wildman–Crippen LogP) is 5.70. The predicted molar refractivity (Wildman–Crippen MR) is 117 cm³/mol. The van der Waals surface area contributed by atoms with Crippen molar-refractivity contribution in [1.29, 1.82) is 0 Å². The fraction of sp³-hybridized carbons (Fsp3) is 0.458. The van der Waals surface area contributed by atoms with Crippen LogP contribution in [0.5, 0.6) is 0 Å². The Morgan fingerprint density at radius 3 is 1.63 bits per heavy atom. The number of carbonyl (C=O) groups excluding carboxylic acids is 1. The molecule has 1 unspecified atom stereocenters. The molecule has 0 fully saturated rings. The molecule has 0 heterocycles. The molecular formula is C24H37NO2. The zero-order valence-electron chi connectivity index (χ0n) is 17.1. The number of unbranched alkanes of at least 4 members (excludes halogenated alkanes) is 7. The molecule has 0 aromatic carbocycles. The number of hydrogen-bond acceptors (Lipinski definition) is 2. The number of amides is 1. The number of aliphatic hydroxyl groups is 1. The smallest absolute Gasteiger partial charge is 0.248 e. The molecule has 1 amide bonds. The van der Waals surface area contributed by atoms with Crippen molar-refractivity contribution in [2.75, 3.05) is 0 Å². The molecule has 150 valence electrons. The summed E-state index contributed by atoms with van der Waals surface area (Å²) in [6.45, 7) is 25.3. The molecule has 0 bridgehead atoms. The van der Waals surface area contributed by atoms with Gasteiger partial charge in [0.15, 0.2) is 0 Å². The molecule has 0 rings (SSSR count). The highest BCUT2D eigenvalue weighted by Gasteiger charge is 2.18. The highest BCUT2D eigenvalue weighted by atomic mass is 16.3. The Bertz CT molecular complexity index is 610. The highest BCUT2D eigenvalue weighted by Crippen LogP contribution is 2.30. The van der Waals surface area contributed by atoms with Crippen molar-refractivity contribution in [1.82, 2.24) is 0 Å². The number of hydrogen-bond donors (Lipinski definition) is 2. The van der Waals surface area contributed by atoms with Gasteiger partial charge in [-0.2, -0.15) is 0 Å². The van der Waals surface area contributed by atoms with Crippen LogP contribution in [0.3, 0.4) is 0 Å². The van der Waals surface area contributed by atoms with Crippen molar-refractivity contribution in [3.05, 3.63) is 72.9 Å². The van der Waals surface area contributed by atoms with Crippen molar-refractivity contribution in [3.8, 4) is 0 Å². The van der Waals surface area contributed by atoms with Gasteiger partial charge in [0.2, 0.25) is 5.91 Å². The molecule has 0 aromatic heterocycles. The molecule has 0 radical (unpaired) electrons. The molecule has 0 aliphatic carbocycles. The lowest BCUT2D eigenvalue weighted by atomic mass is 9.87. The second-order valence-corrected chi connectivity index (χ2v) is 7.06. The lowest BCUT2D eigenvalue weighted by Gasteiger charge is -2.20. The summed E-state index contributed by atoms with van der Waals surface area (Å²) >= 11 is 0. The summed E-state index contributed by atoms with van der Waals surface area (Å²) in [5, 5.41) is 10.4. The Balaban J connectivity index is 4.38. The van der Waals surface area contributed by atoms with Gasteiger partial charge in [-0.1, -0.05) is 97.8 Å². The van der Waals surface area contributed by atoms with E-state index in [0.717, 1.165) is 12.8 Å². The van der Waals surface area contributed by atoms with E-state index >= 15 is 0 Å². The summed E-state index contributed by atoms with van der Waals surface area (Å²) in [7, 11) is 0. The first-order valence-corrected chi connectivity index (χ1v) is 9.78. The van der Waals surface area contributed by atoms with Crippen LogP contribution in [-0.2, 0) is 4.79 Å². The summed E-state index contributed by atoms with van der Waals surface area (Å²) in [6, 6.07) is 0. The van der Waals surface area contributed by atoms with E-state index in [1.807, 2.05) is 0 Å². The van der Waals surface area contributed by atoms with Gasteiger partial charge in [-0.25, -0.2) is 0 Å². The van der Waals surface area contributed by atoms with Crippen LogP contribution >= 0.6 is 0 Å². The van der Waals surface area contributed by atoms with Crippen molar-refractivity contribution in [3.63, 3.8) is 0 Å². The minimum absolute atomic E-state index is 0.0825. The molecular weight excluding hydrogens is 334 g/mol. The summed E-state index contributed by atoms with van der Waals surface area (Å²) < 4.78 is 0. The average molecular weight is 372 g/mol. The van der Waals surface area contributed by atoms with E-state index in [-0.39, 0.29) is 5.57 Å². The van der Waals surface area contributed by atoms with Crippen LogP contribution in [0.4, 0.5) is 0 Å². The molecule has 27 heavy (non-hydrogen) atoms. The topological polar surface area (TPSA) is 63.3 Å². The van der Waals surface area contributed by atoms with Crippen molar-refractivity contribution < 1.29 is 9.90 Å². The van der Waals surface area contributed by atoms with E-state index in [1.54, 1.807) is 0 Å². The van der Waals surface area contributed by atoms with Crippen molar-refractivity contribution in [2.45, 2.75) is 70.8 Å². The van der Waals surface area contributed by atoms with Gasteiger partial charge in [0.05, 0.1) is 6.10 Å². The molecule has 0 saturated carbocycles. The van der Waals surface area contributed by atoms with E-state index in [1.165, 1.54) is 38.5 Å². The van der Waals surface area contributed by atoms with Gasteiger partial charge in [-0.3, -0.25) is 4.79 Å². The fourth-order valence-electron chi connectivity index (χ4n) is 2.74. The number of aliphatic hydroxyl groups excluding tert-OH is 1. The Labute approximate surface area is 165 Å². The first-order valence-electron chi connectivity index (χ1n) is 9.78. The van der Waals surface area contributed by atoms with Gasteiger partial charge < -0.3 is 10.8 Å². The standard InChI is InChI=1S/C24H37NO2/c1-8-9-10-11-12-13-14-15-16-23(26)21(6)19(4)17(2)18(3)20(5)22(7)24(25)27/h23,26H,2-16H2,1H3,(H2,25,27). The number of rotatable bonds is 16. The summed E-state index contributed by atoms with van der Waals surface area (Å²) in [4.78, 5) is 11.2. The number of nitrogens with two attached hydrogens (primary N) is 1. The molecule has 0 aliphatic rings. The van der Waals surface area contributed by atoms with Crippen molar-refractivity contribution >= 4 is 5.91 Å². The zero-order valence-corrected chi connectivity index (χ0v) is 17.1. The van der Waals surface area contributed by atoms with Gasteiger partial charge in [0, 0.05) is 5.57 Å². The Hall–Kier alpha value is -2.13. The Morgan fingerprint density at radius 2 is 1.15 bits per heavy atom. The molecule has 0 aliphatic heterocycles. The normalized spacial score (nSPS) is 11.5. The molecule has 3 N–H and O–H groups in total. The van der Waals surface area contributed by atoms with Crippen LogP contribution in [0.2, 0.25) is 0 Å². The molecule has 0 spiro atoms. The van der Waals surface area contributed by atoms with Crippen LogP contribution < -0.4 is 5.73 Å². The number of carbonyl (C=O) groups is 1. The molecule has 3 nitrogen and oxygen atoms in total. The minimum Gasteiger partial charge on any atom is -0.388 e. The summed E-state index contributed by atoms with van der Waals surface area (Å²) in [6.07, 6.45) is 9.66. The first kappa shape index (κ1) is 24.9. The van der Waals surface area contributed by atoms with E-state index in [2.05, 4.69) is 46.4 Å². The van der Waals surface area contributed by atoms with Crippen LogP contribution in [-0.4, -0.2) is 17.1 Å². The fourth-order valence-corrected chi connectivity index (χ4v) is 2.74. The number of primary amides is 1. The maximum absolute atomic E-state index is 11.2. The molecule has 3 heteroatoms. The Kier molecular flexibility index (Phi) is 12.1. The van der Waals surface area contributed by atoms with Gasteiger partial charge in [0.1, 0.15) is 0 Å². The highest BCUT2D eigenvalue weighted by molar-refractivity contribution is 5.97. The summed E-state index contributed by atoms with van der Waals surface area (Å²) in [5.74, 6) is -0.659. The largest absolute Gasteiger partial charge is 0.388 e. The van der Waals surface area contributed by atoms with Gasteiger partial charge in [-0.15, -0.1) is 0 Å². The van der Waals surface area contributed by atoms with Crippen LogP contribution in [0, 0.1) is 0 Å². The zero-order chi connectivity index (χ0) is 21.0. The van der Waals surface area contributed by atoms with E-state index in [0.29, 0.717) is 34.3 Å². The van der Waals surface area contributed by atoms with Gasteiger partial charge in [-0.05, 0) is 34.3 Å². The molecule has 0 saturated heterocycles. The van der Waals surface area contributed by atoms with E-state index < -0.39 is 12.0 Å². The number of allylic oxidation sites excluding steroid dienone is 2. The average Bonchev–Trinajstić information content (AvgIpc) is 2.65. The maximum Gasteiger partial charge on any atom is 0.248 e. The third-order valence-electron chi connectivity index (χ3n) is 4.88. The van der Waals surface area contributed by atoms with Crippen molar-refractivity contribution in [2.24, 2.45) is 5.73 Å². The SMILES string of the molecule is C=C(C(=C)C(=C)C(=C)C(O)CCCCCCCCCC)C(=C)C(=C)C(N)=O. The van der Waals surface area contributed by atoms with E-state index in [9.17, 15) is 9.90 Å². The van der Waals surface area contributed by atoms with E-state index in [4.69, 9.17) is 5.73 Å².